The molecular formula is C16H19N3O2. The van der Waals surface area contributed by atoms with Crippen LogP contribution in [0.25, 0.3) is 0 Å². The number of morpholine rings is 1. The van der Waals surface area contributed by atoms with E-state index < -0.39 is 0 Å². The van der Waals surface area contributed by atoms with Gasteiger partial charge in [0, 0.05) is 19.3 Å². The minimum atomic E-state index is -0.0164. The number of amides is 1. The summed E-state index contributed by atoms with van der Waals surface area (Å²) in [5.74, 6) is -0.0164. The van der Waals surface area contributed by atoms with E-state index in [2.05, 4.69) is 24.0 Å². The first-order chi connectivity index (χ1) is 10.3. The highest BCUT2D eigenvalue weighted by atomic mass is 16.5. The average Bonchev–Trinajstić information content (AvgIpc) is 3.05. The molecule has 1 atom stereocenters. The fourth-order valence-corrected chi connectivity index (χ4v) is 2.49. The van der Waals surface area contributed by atoms with E-state index in [1.54, 1.807) is 11.2 Å². The predicted molar refractivity (Wildman–Crippen MR) is 79.2 cm³/mol. The Bertz CT molecular complexity index is 603. The molecule has 1 amide bonds. The summed E-state index contributed by atoms with van der Waals surface area (Å²) in [5, 5.41) is 0. The lowest BCUT2D eigenvalue weighted by Gasteiger charge is -2.26. The van der Waals surface area contributed by atoms with E-state index in [9.17, 15) is 4.79 Å². The van der Waals surface area contributed by atoms with Gasteiger partial charge in [-0.05, 0) is 12.5 Å². The number of nitrogens with zero attached hydrogens (tertiary/aromatic N) is 3. The van der Waals surface area contributed by atoms with Crippen molar-refractivity contribution in [2.24, 2.45) is 0 Å². The lowest BCUT2D eigenvalue weighted by Crippen LogP contribution is -2.40. The monoisotopic (exact) mass is 285 g/mol. The fourth-order valence-electron chi connectivity index (χ4n) is 2.49. The van der Waals surface area contributed by atoms with Crippen LogP contribution in [-0.2, 0) is 4.74 Å². The van der Waals surface area contributed by atoms with Crippen molar-refractivity contribution in [3.05, 3.63) is 54.1 Å². The van der Waals surface area contributed by atoms with Gasteiger partial charge in [-0.25, -0.2) is 4.98 Å². The Hall–Kier alpha value is -2.14. The van der Waals surface area contributed by atoms with Gasteiger partial charge in [-0.2, -0.15) is 0 Å². The molecule has 0 unspecified atom stereocenters. The van der Waals surface area contributed by atoms with Gasteiger partial charge in [0.15, 0.2) is 0 Å². The number of hydrogen-bond acceptors (Lipinski definition) is 3. The molecule has 2 aromatic rings. The van der Waals surface area contributed by atoms with Crippen molar-refractivity contribution >= 4 is 5.91 Å². The van der Waals surface area contributed by atoms with E-state index in [0.717, 1.165) is 0 Å². The van der Waals surface area contributed by atoms with Crippen LogP contribution in [0, 0.1) is 0 Å². The number of imidazole rings is 1. The van der Waals surface area contributed by atoms with Crippen LogP contribution in [0.1, 0.15) is 29.0 Å². The molecule has 5 heteroatoms. The standard InChI is InChI=1S/C16H19N3O2/c1-13(14-5-3-2-4-6-14)19-11-15(17-12-19)16(20)18-7-9-21-10-8-18/h2-6,11-13H,7-10H2,1H3/t13-/m0/s1. The molecule has 2 heterocycles. The van der Waals surface area contributed by atoms with E-state index in [4.69, 9.17) is 4.74 Å². The molecule has 21 heavy (non-hydrogen) atoms. The highest BCUT2D eigenvalue weighted by Crippen LogP contribution is 2.18. The maximum atomic E-state index is 12.4. The number of hydrogen-bond donors (Lipinski definition) is 0. The quantitative estimate of drug-likeness (QED) is 0.866. The van der Waals surface area contributed by atoms with Crippen LogP contribution in [0.3, 0.4) is 0 Å². The number of benzene rings is 1. The first kappa shape index (κ1) is 13.8. The SMILES string of the molecule is C[C@@H](c1ccccc1)n1cnc(C(=O)N2CCOCC2)c1. The largest absolute Gasteiger partial charge is 0.378 e. The maximum Gasteiger partial charge on any atom is 0.274 e. The van der Waals surface area contributed by atoms with Gasteiger partial charge in [-0.3, -0.25) is 4.79 Å². The highest BCUT2D eigenvalue weighted by molar-refractivity contribution is 5.92. The normalized spacial score (nSPS) is 16.7. The molecule has 1 saturated heterocycles. The van der Waals surface area contributed by atoms with E-state index in [-0.39, 0.29) is 11.9 Å². The van der Waals surface area contributed by atoms with Crippen molar-refractivity contribution in [3.8, 4) is 0 Å². The molecular weight excluding hydrogens is 266 g/mol. The van der Waals surface area contributed by atoms with Crippen LogP contribution in [0.5, 0.6) is 0 Å². The smallest absolute Gasteiger partial charge is 0.274 e. The summed E-state index contributed by atoms with van der Waals surface area (Å²) in [6, 6.07) is 10.3. The van der Waals surface area contributed by atoms with E-state index in [0.29, 0.717) is 32.0 Å². The van der Waals surface area contributed by atoms with E-state index in [1.807, 2.05) is 29.0 Å². The molecule has 0 bridgehead atoms. The molecule has 1 aromatic heterocycles. The summed E-state index contributed by atoms with van der Waals surface area (Å²) in [6.45, 7) is 4.58. The second-order valence-electron chi connectivity index (χ2n) is 5.20. The second-order valence-corrected chi connectivity index (χ2v) is 5.20. The zero-order valence-corrected chi connectivity index (χ0v) is 12.1. The lowest BCUT2D eigenvalue weighted by atomic mass is 10.1. The third-order valence-corrected chi connectivity index (χ3v) is 3.85. The number of carbonyl (C=O) groups excluding carboxylic acids is 1. The molecule has 1 aliphatic rings. The number of aromatic nitrogens is 2. The van der Waals surface area contributed by atoms with Gasteiger partial charge in [0.05, 0.1) is 25.6 Å². The topological polar surface area (TPSA) is 47.4 Å². The molecule has 0 N–H and O–H groups in total. The summed E-state index contributed by atoms with van der Waals surface area (Å²) < 4.78 is 7.24. The Morgan fingerprint density at radius 3 is 2.67 bits per heavy atom. The third kappa shape index (κ3) is 2.97. The summed E-state index contributed by atoms with van der Waals surface area (Å²) in [7, 11) is 0. The van der Waals surface area contributed by atoms with Crippen molar-refractivity contribution in [1.82, 2.24) is 14.5 Å². The number of rotatable bonds is 3. The van der Waals surface area contributed by atoms with Gasteiger partial charge in [0.25, 0.3) is 5.91 Å². The zero-order chi connectivity index (χ0) is 14.7. The summed E-state index contributed by atoms with van der Waals surface area (Å²) in [4.78, 5) is 18.4. The van der Waals surface area contributed by atoms with Crippen molar-refractivity contribution in [1.29, 1.82) is 0 Å². The van der Waals surface area contributed by atoms with Crippen LogP contribution < -0.4 is 0 Å². The average molecular weight is 285 g/mol. The van der Waals surface area contributed by atoms with E-state index in [1.165, 1.54) is 5.56 Å². The fraction of sp³-hybridized carbons (Fsp3) is 0.375. The number of ether oxygens (including phenoxy) is 1. The van der Waals surface area contributed by atoms with Crippen molar-refractivity contribution in [3.63, 3.8) is 0 Å². The Morgan fingerprint density at radius 1 is 1.24 bits per heavy atom. The molecule has 0 aliphatic carbocycles. The molecule has 1 aromatic carbocycles. The second kappa shape index (κ2) is 6.10. The highest BCUT2D eigenvalue weighted by Gasteiger charge is 2.21. The van der Waals surface area contributed by atoms with Gasteiger partial charge in [0.2, 0.25) is 0 Å². The molecule has 0 radical (unpaired) electrons. The third-order valence-electron chi connectivity index (χ3n) is 3.85. The molecule has 1 aliphatic heterocycles. The first-order valence-electron chi connectivity index (χ1n) is 7.21. The van der Waals surface area contributed by atoms with Crippen LogP contribution in [-0.4, -0.2) is 46.7 Å². The molecule has 0 spiro atoms. The Balaban J connectivity index is 1.75. The minimum absolute atomic E-state index is 0.0164. The van der Waals surface area contributed by atoms with Crippen LogP contribution in [0.2, 0.25) is 0 Å². The van der Waals surface area contributed by atoms with Gasteiger partial charge in [-0.1, -0.05) is 30.3 Å². The van der Waals surface area contributed by atoms with Gasteiger partial charge < -0.3 is 14.2 Å². The van der Waals surface area contributed by atoms with E-state index >= 15 is 0 Å². The Morgan fingerprint density at radius 2 is 1.95 bits per heavy atom. The van der Waals surface area contributed by atoms with Crippen LogP contribution in [0.15, 0.2) is 42.9 Å². The minimum Gasteiger partial charge on any atom is -0.378 e. The summed E-state index contributed by atoms with van der Waals surface area (Å²) in [5.41, 5.74) is 1.69. The van der Waals surface area contributed by atoms with Gasteiger partial charge >= 0.3 is 0 Å². The molecule has 0 saturated carbocycles. The zero-order valence-electron chi connectivity index (χ0n) is 12.1. The first-order valence-corrected chi connectivity index (χ1v) is 7.21. The maximum absolute atomic E-state index is 12.4. The van der Waals surface area contributed by atoms with Crippen LogP contribution >= 0.6 is 0 Å². The number of carbonyl (C=O) groups is 1. The van der Waals surface area contributed by atoms with Crippen molar-refractivity contribution in [2.75, 3.05) is 26.3 Å². The molecule has 1 fully saturated rings. The summed E-state index contributed by atoms with van der Waals surface area (Å²) in [6.07, 6.45) is 3.56. The van der Waals surface area contributed by atoms with Gasteiger partial charge in [-0.15, -0.1) is 0 Å². The molecule has 3 rings (SSSR count). The molecule has 5 nitrogen and oxygen atoms in total. The Kier molecular flexibility index (Phi) is 4.01. The predicted octanol–water partition coefficient (Wildman–Crippen LogP) is 1.96. The van der Waals surface area contributed by atoms with Crippen molar-refractivity contribution < 1.29 is 9.53 Å². The summed E-state index contributed by atoms with van der Waals surface area (Å²) >= 11 is 0. The van der Waals surface area contributed by atoms with Crippen molar-refractivity contribution in [2.45, 2.75) is 13.0 Å². The Labute approximate surface area is 124 Å². The van der Waals surface area contributed by atoms with Gasteiger partial charge in [0.1, 0.15) is 5.69 Å². The van der Waals surface area contributed by atoms with Crippen LogP contribution in [0.4, 0.5) is 0 Å². The lowest BCUT2D eigenvalue weighted by molar-refractivity contribution is 0.0299. The molecule has 110 valence electrons.